The van der Waals surface area contributed by atoms with Crippen LogP contribution >= 0.6 is 0 Å². The summed E-state index contributed by atoms with van der Waals surface area (Å²) in [6, 6.07) is 6.43. The Morgan fingerprint density at radius 3 is 2.15 bits per heavy atom. The zero-order valence-corrected chi connectivity index (χ0v) is 10.7. The monoisotopic (exact) mass is 286 g/mol. The van der Waals surface area contributed by atoms with E-state index in [1.165, 1.54) is 0 Å². The molecule has 0 amide bonds. The fourth-order valence-corrected chi connectivity index (χ4v) is 1.97. The van der Waals surface area contributed by atoms with Crippen LogP contribution in [0.25, 0.3) is 0 Å². The lowest BCUT2D eigenvalue weighted by atomic mass is 9.99. The Hall–Kier alpha value is -1.22. The van der Waals surface area contributed by atoms with Crippen molar-refractivity contribution in [1.29, 1.82) is 0 Å². The Balaban J connectivity index is 2.06. The first-order chi connectivity index (χ1) is 9.56. The summed E-state index contributed by atoms with van der Waals surface area (Å²) in [5.74, 6) is 0.367. The van der Waals surface area contributed by atoms with Gasteiger partial charge >= 0.3 is 0 Å². The molecule has 2 rings (SSSR count). The molecule has 7 heteroatoms. The van der Waals surface area contributed by atoms with E-state index in [0.29, 0.717) is 11.3 Å². The van der Waals surface area contributed by atoms with Gasteiger partial charge in [0.05, 0.1) is 13.2 Å². The number of ether oxygens (including phenoxy) is 2. The molecule has 1 aliphatic rings. The zero-order valence-electron chi connectivity index (χ0n) is 10.7. The summed E-state index contributed by atoms with van der Waals surface area (Å²) in [5, 5.41) is 47.0. The molecular weight excluding hydrogens is 268 g/mol. The van der Waals surface area contributed by atoms with Crippen molar-refractivity contribution in [3.05, 3.63) is 29.8 Å². The van der Waals surface area contributed by atoms with Crippen molar-refractivity contribution >= 4 is 0 Å². The molecule has 1 saturated heterocycles. The highest BCUT2D eigenvalue weighted by molar-refractivity contribution is 5.27. The highest BCUT2D eigenvalue weighted by Crippen LogP contribution is 2.24. The number of hydrogen-bond donors (Lipinski definition) is 5. The van der Waals surface area contributed by atoms with Gasteiger partial charge in [0.25, 0.3) is 0 Å². The molecule has 0 radical (unpaired) electrons. The molecule has 1 aliphatic heterocycles. The second-order valence-corrected chi connectivity index (χ2v) is 4.62. The first-order valence-electron chi connectivity index (χ1n) is 6.23. The van der Waals surface area contributed by atoms with Crippen molar-refractivity contribution in [3.8, 4) is 5.75 Å². The summed E-state index contributed by atoms with van der Waals surface area (Å²) < 4.78 is 10.6. The van der Waals surface area contributed by atoms with E-state index in [0.717, 1.165) is 0 Å². The van der Waals surface area contributed by atoms with Crippen molar-refractivity contribution in [2.75, 3.05) is 6.61 Å². The average molecular weight is 286 g/mol. The Labute approximate surface area is 115 Å². The molecular formula is C13H18O7. The van der Waals surface area contributed by atoms with Gasteiger partial charge in [-0.1, -0.05) is 12.1 Å². The predicted octanol–water partition coefficient (Wildman–Crippen LogP) is -1.64. The maximum Gasteiger partial charge on any atom is 0.229 e. The molecule has 0 unspecified atom stereocenters. The van der Waals surface area contributed by atoms with Crippen LogP contribution in [0.1, 0.15) is 5.56 Å². The molecule has 5 N–H and O–H groups in total. The summed E-state index contributed by atoms with van der Waals surface area (Å²) in [6.07, 6.45) is -6.53. The number of aliphatic hydroxyl groups excluding tert-OH is 5. The summed E-state index contributed by atoms with van der Waals surface area (Å²) >= 11 is 0. The first-order valence-corrected chi connectivity index (χ1v) is 6.23. The van der Waals surface area contributed by atoms with Gasteiger partial charge in [-0.3, -0.25) is 0 Å². The van der Waals surface area contributed by atoms with Crippen LogP contribution in [0.2, 0.25) is 0 Å². The van der Waals surface area contributed by atoms with Gasteiger partial charge in [-0.05, 0) is 17.7 Å². The van der Waals surface area contributed by atoms with Crippen LogP contribution in [-0.4, -0.2) is 62.8 Å². The van der Waals surface area contributed by atoms with E-state index >= 15 is 0 Å². The maximum atomic E-state index is 9.80. The van der Waals surface area contributed by atoms with E-state index in [4.69, 9.17) is 19.7 Å². The second-order valence-electron chi connectivity index (χ2n) is 4.62. The minimum Gasteiger partial charge on any atom is -0.462 e. The molecule has 112 valence electrons. The summed E-state index contributed by atoms with van der Waals surface area (Å²) in [5.41, 5.74) is 0.700. The molecule has 1 heterocycles. The third kappa shape index (κ3) is 3.09. The van der Waals surface area contributed by atoms with Crippen LogP contribution in [-0.2, 0) is 11.3 Å². The lowest BCUT2D eigenvalue weighted by Gasteiger charge is -2.39. The van der Waals surface area contributed by atoms with Crippen molar-refractivity contribution in [3.63, 3.8) is 0 Å². The van der Waals surface area contributed by atoms with Gasteiger partial charge in [-0.25, -0.2) is 0 Å². The van der Waals surface area contributed by atoms with Crippen molar-refractivity contribution in [2.24, 2.45) is 0 Å². The number of rotatable bonds is 4. The van der Waals surface area contributed by atoms with Gasteiger partial charge < -0.3 is 35.0 Å². The molecule has 20 heavy (non-hydrogen) atoms. The summed E-state index contributed by atoms with van der Waals surface area (Å²) in [7, 11) is 0. The molecule has 0 aromatic heterocycles. The lowest BCUT2D eigenvalue weighted by Crippen LogP contribution is -2.60. The smallest absolute Gasteiger partial charge is 0.229 e. The fourth-order valence-electron chi connectivity index (χ4n) is 1.97. The number of hydrogen-bond acceptors (Lipinski definition) is 7. The fraction of sp³-hybridized carbons (Fsp3) is 0.538. The molecule has 5 atom stereocenters. The van der Waals surface area contributed by atoms with Crippen molar-refractivity contribution in [1.82, 2.24) is 0 Å². The third-order valence-corrected chi connectivity index (χ3v) is 3.21. The predicted molar refractivity (Wildman–Crippen MR) is 66.8 cm³/mol. The van der Waals surface area contributed by atoms with Crippen LogP contribution in [0.3, 0.4) is 0 Å². The van der Waals surface area contributed by atoms with E-state index in [1.54, 1.807) is 24.3 Å². The van der Waals surface area contributed by atoms with Gasteiger partial charge in [-0.15, -0.1) is 0 Å². The van der Waals surface area contributed by atoms with Crippen LogP contribution in [0.5, 0.6) is 5.75 Å². The van der Waals surface area contributed by atoms with Gasteiger partial charge in [0.2, 0.25) is 6.29 Å². The van der Waals surface area contributed by atoms with Gasteiger partial charge in [-0.2, -0.15) is 0 Å². The quantitative estimate of drug-likeness (QED) is 0.450. The highest BCUT2D eigenvalue weighted by atomic mass is 16.7. The van der Waals surface area contributed by atoms with Gasteiger partial charge in [0.1, 0.15) is 30.2 Å². The molecule has 7 nitrogen and oxygen atoms in total. The average Bonchev–Trinajstić information content (AvgIpc) is 2.48. The minimum atomic E-state index is -1.47. The standard InChI is InChI=1S/C13H18O7/c14-5-7-1-3-8(4-2-7)19-13-12(18)11(17)10(16)9(6-15)20-13/h1-4,9-18H,5-6H2/t9-,10+,11+,12-,13-/m1/s1. The second kappa shape index (κ2) is 6.49. The maximum absolute atomic E-state index is 9.80. The topological polar surface area (TPSA) is 120 Å². The Bertz CT molecular complexity index is 419. The highest BCUT2D eigenvalue weighted by Gasteiger charge is 2.44. The minimum absolute atomic E-state index is 0.0969. The van der Waals surface area contributed by atoms with Crippen molar-refractivity contribution in [2.45, 2.75) is 37.3 Å². The van der Waals surface area contributed by atoms with E-state index in [-0.39, 0.29) is 6.61 Å². The Morgan fingerprint density at radius 1 is 0.950 bits per heavy atom. The van der Waals surface area contributed by atoms with Gasteiger partial charge in [0.15, 0.2) is 0 Å². The van der Waals surface area contributed by atoms with Gasteiger partial charge in [0, 0.05) is 0 Å². The van der Waals surface area contributed by atoms with Crippen LogP contribution in [0.4, 0.5) is 0 Å². The zero-order chi connectivity index (χ0) is 14.7. The molecule has 0 saturated carbocycles. The Morgan fingerprint density at radius 2 is 1.60 bits per heavy atom. The molecule has 1 aromatic rings. The summed E-state index contributed by atoms with van der Waals surface area (Å²) in [6.45, 7) is -0.603. The SMILES string of the molecule is OCc1ccc(O[C@@H]2O[C@H](CO)[C@H](O)[C@H](O)[C@H]2O)cc1. The molecule has 0 aliphatic carbocycles. The van der Waals surface area contributed by atoms with E-state index < -0.39 is 37.3 Å². The lowest BCUT2D eigenvalue weighted by molar-refractivity contribution is -0.277. The molecule has 1 fully saturated rings. The largest absolute Gasteiger partial charge is 0.462 e. The van der Waals surface area contributed by atoms with E-state index in [2.05, 4.69) is 0 Å². The Kier molecular flexibility index (Phi) is 4.92. The third-order valence-electron chi connectivity index (χ3n) is 3.21. The summed E-state index contributed by atoms with van der Waals surface area (Å²) in [4.78, 5) is 0. The van der Waals surface area contributed by atoms with E-state index in [9.17, 15) is 15.3 Å². The first kappa shape index (κ1) is 15.2. The molecule has 0 bridgehead atoms. The molecule has 1 aromatic carbocycles. The van der Waals surface area contributed by atoms with Crippen LogP contribution < -0.4 is 4.74 Å². The van der Waals surface area contributed by atoms with E-state index in [1.807, 2.05) is 0 Å². The molecule has 0 spiro atoms. The number of aliphatic hydroxyl groups is 5. The van der Waals surface area contributed by atoms with Crippen LogP contribution in [0, 0.1) is 0 Å². The van der Waals surface area contributed by atoms with Crippen molar-refractivity contribution < 1.29 is 35.0 Å². The normalized spacial score (nSPS) is 34.0. The number of benzene rings is 1. The van der Waals surface area contributed by atoms with Crippen LogP contribution in [0.15, 0.2) is 24.3 Å².